The summed E-state index contributed by atoms with van der Waals surface area (Å²) in [4.78, 5) is 112. The van der Waals surface area contributed by atoms with E-state index in [1.807, 2.05) is 0 Å². The molecule has 25 heteroatoms. The maximum atomic E-state index is 12.9. The van der Waals surface area contributed by atoms with Gasteiger partial charge in [0, 0.05) is 74.8 Å². The molecule has 3 saturated heterocycles. The molecule has 0 aliphatic carbocycles. The van der Waals surface area contributed by atoms with Crippen LogP contribution in [0, 0.1) is 0 Å². The Morgan fingerprint density at radius 1 is 0.371 bits per heavy atom. The highest BCUT2D eigenvalue weighted by Crippen LogP contribution is 2.38. The van der Waals surface area contributed by atoms with Gasteiger partial charge >= 0.3 is 53.7 Å². The zero-order valence-electron chi connectivity index (χ0n) is 35.5. The lowest BCUT2D eigenvalue weighted by Crippen LogP contribution is -2.68. The first kappa shape index (κ1) is 51.8. The largest absolute Gasteiger partial charge is 0.463 e. The monoisotopic (exact) mass is 958 g/mol. The van der Waals surface area contributed by atoms with Crippen molar-refractivity contribution in [1.82, 2.24) is 0 Å². The summed E-state index contributed by atoms with van der Waals surface area (Å²) >= 11 is 3.27. The Hall–Kier alpha value is -4.53. The van der Waals surface area contributed by atoms with Gasteiger partial charge in [-0.05, 0) is 0 Å². The maximum Gasteiger partial charge on any atom is 0.303 e. The standard InChI is InChI=1S/C37H51BrO24/c1-14(39)49-12-24-27(30(53-18(5)43)32(55-20(7)45)35(48-10)59-24)62-37-34(57-22(9)47)31(54-19(6)44)28(25(60-37)13-50-15(2)40)61-36-33(56-21(8)46)29(52-17(4)42)26(51-16(3)41)23(11-38)58-36/h23-37H,11-13H2,1-10H3/t23?,24?,25?,26-,27-,28-,29+,30+,31+,32?,33?,34?,35+,36-,37-/m1/s1. The Morgan fingerprint density at radius 3 is 0.952 bits per heavy atom. The Morgan fingerprint density at radius 2 is 0.645 bits per heavy atom. The molecule has 6 unspecified atom stereocenters. The third-order valence-electron chi connectivity index (χ3n) is 8.76. The van der Waals surface area contributed by atoms with E-state index in [2.05, 4.69) is 15.9 Å². The minimum atomic E-state index is -1.93. The van der Waals surface area contributed by atoms with Crippen LogP contribution in [0.5, 0.6) is 0 Å². The second-order valence-corrected chi connectivity index (χ2v) is 14.5. The molecule has 350 valence electrons. The van der Waals surface area contributed by atoms with Gasteiger partial charge in [0.25, 0.3) is 0 Å². The van der Waals surface area contributed by atoms with Gasteiger partial charge in [-0.2, -0.15) is 0 Å². The number of esters is 9. The first-order valence-corrected chi connectivity index (χ1v) is 20.0. The number of halogens is 1. The summed E-state index contributed by atoms with van der Waals surface area (Å²) in [7, 11) is 1.19. The number of hydrogen-bond acceptors (Lipinski definition) is 24. The lowest BCUT2D eigenvalue weighted by Gasteiger charge is -2.50. The number of carbonyl (C=O) groups excluding carboxylic acids is 9. The number of rotatable bonds is 17. The smallest absolute Gasteiger partial charge is 0.303 e. The van der Waals surface area contributed by atoms with Crippen molar-refractivity contribution in [3.63, 3.8) is 0 Å². The average Bonchev–Trinajstić information content (AvgIpc) is 3.14. The summed E-state index contributed by atoms with van der Waals surface area (Å²) in [5, 5.41) is -0.0908. The van der Waals surface area contributed by atoms with Gasteiger partial charge in [-0.3, -0.25) is 43.2 Å². The molecule has 3 fully saturated rings. The van der Waals surface area contributed by atoms with Gasteiger partial charge in [0.1, 0.15) is 43.7 Å². The van der Waals surface area contributed by atoms with Crippen LogP contribution in [-0.4, -0.2) is 171 Å². The normalized spacial score (nSPS) is 33.0. The molecule has 0 N–H and O–H groups in total. The topological polar surface area (TPSA) is 292 Å². The van der Waals surface area contributed by atoms with Gasteiger partial charge in [0.2, 0.25) is 0 Å². The molecule has 0 bridgehead atoms. The lowest BCUT2D eigenvalue weighted by molar-refractivity contribution is -0.378. The van der Waals surface area contributed by atoms with E-state index in [4.69, 9.17) is 71.1 Å². The molecule has 3 aliphatic rings. The summed E-state index contributed by atoms with van der Waals surface area (Å²) in [5.74, 6) is -8.04. The first-order valence-electron chi connectivity index (χ1n) is 18.9. The fraction of sp³-hybridized carbons (Fsp3) is 0.757. The van der Waals surface area contributed by atoms with E-state index >= 15 is 0 Å². The zero-order valence-corrected chi connectivity index (χ0v) is 37.0. The van der Waals surface area contributed by atoms with Crippen molar-refractivity contribution in [2.24, 2.45) is 0 Å². The van der Waals surface area contributed by atoms with Crippen LogP contribution in [0.25, 0.3) is 0 Å². The van der Waals surface area contributed by atoms with Crippen molar-refractivity contribution in [1.29, 1.82) is 0 Å². The van der Waals surface area contributed by atoms with E-state index in [1.165, 1.54) is 7.11 Å². The molecule has 3 heterocycles. The molecule has 0 aromatic carbocycles. The van der Waals surface area contributed by atoms with Crippen molar-refractivity contribution < 1.29 is 114 Å². The van der Waals surface area contributed by atoms with Crippen molar-refractivity contribution in [2.45, 2.75) is 154 Å². The van der Waals surface area contributed by atoms with Crippen molar-refractivity contribution in [3.05, 3.63) is 0 Å². The minimum Gasteiger partial charge on any atom is -0.463 e. The third-order valence-corrected chi connectivity index (χ3v) is 9.39. The van der Waals surface area contributed by atoms with E-state index in [1.54, 1.807) is 0 Å². The number of alkyl halides is 1. The second-order valence-electron chi connectivity index (χ2n) is 13.8. The van der Waals surface area contributed by atoms with Crippen LogP contribution in [0.2, 0.25) is 0 Å². The molecule has 0 amide bonds. The Balaban J connectivity index is 2.26. The molecule has 3 rings (SSSR count). The number of methoxy groups -OCH3 is 1. The highest BCUT2D eigenvalue weighted by atomic mass is 79.9. The van der Waals surface area contributed by atoms with Gasteiger partial charge in [0.15, 0.2) is 61.6 Å². The first-order chi connectivity index (χ1) is 29.1. The fourth-order valence-corrected chi connectivity index (χ4v) is 7.26. The van der Waals surface area contributed by atoms with Gasteiger partial charge in [-0.25, -0.2) is 0 Å². The summed E-state index contributed by atoms with van der Waals surface area (Å²) in [6.07, 6.45) is -24.3. The minimum absolute atomic E-state index is 0.0908. The highest BCUT2D eigenvalue weighted by molar-refractivity contribution is 9.09. The van der Waals surface area contributed by atoms with Crippen LogP contribution in [0.4, 0.5) is 0 Å². The van der Waals surface area contributed by atoms with Crippen LogP contribution in [-0.2, 0) is 114 Å². The van der Waals surface area contributed by atoms with E-state index < -0.39 is 159 Å². The zero-order chi connectivity index (χ0) is 46.6. The van der Waals surface area contributed by atoms with Gasteiger partial charge in [-0.15, -0.1) is 0 Å². The summed E-state index contributed by atoms with van der Waals surface area (Å²) < 4.78 is 85.8. The van der Waals surface area contributed by atoms with E-state index in [-0.39, 0.29) is 5.33 Å². The molecule has 0 saturated carbocycles. The Labute approximate surface area is 363 Å². The molecular weight excluding hydrogens is 908 g/mol. The molecule has 3 aliphatic heterocycles. The van der Waals surface area contributed by atoms with Crippen molar-refractivity contribution in [2.75, 3.05) is 25.7 Å². The predicted octanol–water partition coefficient (Wildman–Crippen LogP) is -0.379. The van der Waals surface area contributed by atoms with E-state index in [0.29, 0.717) is 0 Å². The fourth-order valence-electron chi connectivity index (χ4n) is 6.74. The molecule has 0 aromatic heterocycles. The van der Waals surface area contributed by atoms with Crippen LogP contribution in [0.3, 0.4) is 0 Å². The molecule has 0 spiro atoms. The molecular formula is C37H51BrO24. The predicted molar refractivity (Wildman–Crippen MR) is 199 cm³/mol. The maximum absolute atomic E-state index is 12.9. The molecule has 15 atom stereocenters. The molecule has 0 aromatic rings. The van der Waals surface area contributed by atoms with Crippen LogP contribution < -0.4 is 0 Å². The lowest BCUT2D eigenvalue weighted by atomic mass is 9.95. The second kappa shape index (κ2) is 23.8. The van der Waals surface area contributed by atoms with Crippen LogP contribution >= 0.6 is 15.9 Å². The SMILES string of the molecule is CO[C@H]1OC(COC(C)=O)[C@@H](O[C@H]2OC(COC(C)=O)[C@@H](O[C@H]3OC(CBr)[C@@H](OC(C)=O)[C@H](OC(C)=O)C3OC(C)=O)[C@H](OC(C)=O)C2OC(C)=O)[C@H](OC(C)=O)C1OC(C)=O. The van der Waals surface area contributed by atoms with Crippen LogP contribution in [0.1, 0.15) is 62.3 Å². The molecule has 0 radical (unpaired) electrons. The van der Waals surface area contributed by atoms with E-state index in [0.717, 1.165) is 62.3 Å². The van der Waals surface area contributed by atoms with Crippen molar-refractivity contribution >= 4 is 69.7 Å². The van der Waals surface area contributed by atoms with Gasteiger partial charge < -0.3 is 71.1 Å². The molecule has 62 heavy (non-hydrogen) atoms. The van der Waals surface area contributed by atoms with E-state index in [9.17, 15) is 43.2 Å². The quantitative estimate of drug-likeness (QED) is 0.102. The van der Waals surface area contributed by atoms with Gasteiger partial charge in [-0.1, -0.05) is 15.9 Å². The number of ether oxygens (including phenoxy) is 15. The average molecular weight is 960 g/mol. The number of carbonyl (C=O) groups is 9. The molecule has 24 nitrogen and oxygen atoms in total. The summed E-state index contributed by atoms with van der Waals surface area (Å²) in [6.45, 7) is 8.04. The highest BCUT2D eigenvalue weighted by Gasteiger charge is 2.59. The van der Waals surface area contributed by atoms with Crippen molar-refractivity contribution in [3.8, 4) is 0 Å². The third kappa shape index (κ3) is 14.8. The number of hydrogen-bond donors (Lipinski definition) is 0. The van der Waals surface area contributed by atoms with Crippen LogP contribution in [0.15, 0.2) is 0 Å². The van der Waals surface area contributed by atoms with Gasteiger partial charge in [0.05, 0.1) is 0 Å². The summed E-state index contributed by atoms with van der Waals surface area (Å²) in [5.41, 5.74) is 0. The summed E-state index contributed by atoms with van der Waals surface area (Å²) in [6, 6.07) is 0. The Kier molecular flexibility index (Phi) is 19.9. The Bertz CT molecular complexity index is 1640.